The van der Waals surface area contributed by atoms with Crippen LogP contribution in [0.2, 0.25) is 10.0 Å². The summed E-state index contributed by atoms with van der Waals surface area (Å²) >= 11 is 12.0. The number of nitrogens with one attached hydrogen (secondary N) is 1. The Labute approximate surface area is 184 Å². The van der Waals surface area contributed by atoms with E-state index in [1.54, 1.807) is 6.08 Å². The molecule has 0 bridgehead atoms. The first kappa shape index (κ1) is 20.7. The van der Waals surface area contributed by atoms with Gasteiger partial charge in [-0.3, -0.25) is 14.9 Å². The number of amides is 4. The van der Waals surface area contributed by atoms with E-state index >= 15 is 0 Å². The highest BCUT2D eigenvalue weighted by Crippen LogP contribution is 2.34. The molecule has 1 saturated heterocycles. The molecule has 6 nitrogen and oxygen atoms in total. The number of nitrogens with zero attached hydrogens (tertiary/aromatic N) is 2. The van der Waals surface area contributed by atoms with Crippen molar-refractivity contribution in [3.8, 4) is 0 Å². The summed E-state index contributed by atoms with van der Waals surface area (Å²) in [5.74, 6) is -1.42. The molecule has 2 aliphatic rings. The van der Waals surface area contributed by atoms with Crippen LogP contribution >= 0.6 is 23.2 Å². The number of imide groups is 2. The van der Waals surface area contributed by atoms with Crippen molar-refractivity contribution < 1.29 is 14.4 Å². The molecule has 0 unspecified atom stereocenters. The van der Waals surface area contributed by atoms with Crippen LogP contribution < -0.4 is 10.2 Å². The summed E-state index contributed by atoms with van der Waals surface area (Å²) in [5, 5.41) is 2.74. The molecule has 156 valence electrons. The zero-order valence-corrected chi connectivity index (χ0v) is 18.2. The molecule has 0 radical (unpaired) electrons. The van der Waals surface area contributed by atoms with Gasteiger partial charge >= 0.3 is 6.03 Å². The topological polar surface area (TPSA) is 71.4 Å². The lowest BCUT2D eigenvalue weighted by molar-refractivity contribution is -0.122. The summed E-state index contributed by atoms with van der Waals surface area (Å²) in [7, 11) is 0. The SMILES string of the molecule is Cc1cc(/C=C2\C(=O)NC(=O)N(c3ccc(Cl)c(Cl)c3)C2=O)c(C)n1C1CCCC1. The number of urea groups is 1. The first-order valence-corrected chi connectivity index (χ1v) is 10.6. The van der Waals surface area contributed by atoms with Gasteiger partial charge in [0.2, 0.25) is 0 Å². The molecule has 2 aromatic rings. The minimum absolute atomic E-state index is 0.104. The molecule has 4 amide bonds. The van der Waals surface area contributed by atoms with Crippen LogP contribution in [-0.4, -0.2) is 22.4 Å². The van der Waals surface area contributed by atoms with Crippen molar-refractivity contribution in [2.75, 3.05) is 4.90 Å². The van der Waals surface area contributed by atoms with Crippen LogP contribution in [-0.2, 0) is 9.59 Å². The summed E-state index contributed by atoms with van der Waals surface area (Å²) < 4.78 is 2.28. The zero-order chi connectivity index (χ0) is 21.6. The standard InChI is InChI=1S/C22H21Cl2N3O3/c1-12-9-14(13(2)26(12)15-5-3-4-6-15)10-17-20(28)25-22(30)27(21(17)29)16-7-8-18(23)19(24)11-16/h7-11,15H,3-6H2,1-2H3,(H,25,28,30)/b17-10+. The molecular formula is C22H21Cl2N3O3. The van der Waals surface area contributed by atoms with Gasteiger partial charge in [0.25, 0.3) is 11.8 Å². The molecular weight excluding hydrogens is 425 g/mol. The van der Waals surface area contributed by atoms with Crippen molar-refractivity contribution in [3.05, 3.63) is 56.8 Å². The number of barbiturate groups is 1. The molecule has 1 N–H and O–H groups in total. The number of carbonyl (C=O) groups excluding carboxylic acids is 3. The van der Waals surface area contributed by atoms with Crippen molar-refractivity contribution in [1.29, 1.82) is 0 Å². The van der Waals surface area contributed by atoms with Gasteiger partial charge in [-0.05, 0) is 62.6 Å². The van der Waals surface area contributed by atoms with Gasteiger partial charge in [-0.1, -0.05) is 36.0 Å². The van der Waals surface area contributed by atoms with Gasteiger partial charge in [0.15, 0.2) is 0 Å². The first-order valence-electron chi connectivity index (χ1n) is 9.83. The lowest BCUT2D eigenvalue weighted by atomic mass is 10.1. The Morgan fingerprint density at radius 1 is 1.03 bits per heavy atom. The van der Waals surface area contributed by atoms with Crippen molar-refractivity contribution in [2.45, 2.75) is 45.6 Å². The molecule has 1 aromatic carbocycles. The third kappa shape index (κ3) is 3.55. The minimum Gasteiger partial charge on any atom is -0.346 e. The van der Waals surface area contributed by atoms with E-state index in [1.165, 1.54) is 31.0 Å². The molecule has 2 heterocycles. The molecule has 0 atom stereocenters. The minimum atomic E-state index is -0.822. The van der Waals surface area contributed by atoms with E-state index in [2.05, 4.69) is 9.88 Å². The van der Waals surface area contributed by atoms with E-state index < -0.39 is 17.8 Å². The van der Waals surface area contributed by atoms with Crippen LogP contribution in [0.5, 0.6) is 0 Å². The molecule has 8 heteroatoms. The predicted molar refractivity (Wildman–Crippen MR) is 117 cm³/mol. The van der Waals surface area contributed by atoms with Crippen LogP contribution in [0.4, 0.5) is 10.5 Å². The van der Waals surface area contributed by atoms with E-state index in [4.69, 9.17) is 23.2 Å². The van der Waals surface area contributed by atoms with E-state index in [-0.39, 0.29) is 16.3 Å². The number of aromatic nitrogens is 1. The van der Waals surface area contributed by atoms with Crippen LogP contribution in [0.15, 0.2) is 29.8 Å². The van der Waals surface area contributed by atoms with Gasteiger partial charge in [-0.2, -0.15) is 0 Å². The normalized spacial score (nSPS) is 19.1. The van der Waals surface area contributed by atoms with Crippen LogP contribution in [0.3, 0.4) is 0 Å². The van der Waals surface area contributed by atoms with E-state index in [0.717, 1.165) is 34.7 Å². The van der Waals surface area contributed by atoms with E-state index in [9.17, 15) is 14.4 Å². The number of halogens is 2. The van der Waals surface area contributed by atoms with Gasteiger partial charge in [0.05, 0.1) is 15.7 Å². The number of hydrogen-bond acceptors (Lipinski definition) is 3. The van der Waals surface area contributed by atoms with Crippen molar-refractivity contribution >= 4 is 52.8 Å². The quantitative estimate of drug-likeness (QED) is 0.521. The Balaban J connectivity index is 1.73. The van der Waals surface area contributed by atoms with Gasteiger partial charge in [0, 0.05) is 17.4 Å². The molecule has 4 rings (SSSR count). The third-order valence-electron chi connectivity index (χ3n) is 5.78. The van der Waals surface area contributed by atoms with Crippen LogP contribution in [0.1, 0.15) is 48.7 Å². The molecule has 1 aliphatic heterocycles. The summed E-state index contributed by atoms with van der Waals surface area (Å²) in [4.78, 5) is 38.8. The van der Waals surface area contributed by atoms with E-state index in [1.807, 2.05) is 19.9 Å². The summed E-state index contributed by atoms with van der Waals surface area (Å²) in [6.45, 7) is 4.02. The van der Waals surface area contributed by atoms with Gasteiger partial charge < -0.3 is 4.57 Å². The molecule has 1 aliphatic carbocycles. The average molecular weight is 446 g/mol. The Hall–Kier alpha value is -2.57. The number of carbonyl (C=O) groups is 3. The van der Waals surface area contributed by atoms with Crippen molar-refractivity contribution in [2.24, 2.45) is 0 Å². The highest BCUT2D eigenvalue weighted by Gasteiger charge is 2.37. The van der Waals surface area contributed by atoms with Gasteiger partial charge in [-0.15, -0.1) is 0 Å². The van der Waals surface area contributed by atoms with Gasteiger partial charge in [-0.25, -0.2) is 9.69 Å². The fourth-order valence-corrected chi connectivity index (χ4v) is 4.64. The number of hydrogen-bond donors (Lipinski definition) is 1. The smallest absolute Gasteiger partial charge is 0.335 e. The first-order chi connectivity index (χ1) is 14.3. The molecule has 1 aromatic heterocycles. The second kappa shape index (κ2) is 7.93. The molecule has 30 heavy (non-hydrogen) atoms. The maximum Gasteiger partial charge on any atom is 0.335 e. The zero-order valence-electron chi connectivity index (χ0n) is 16.7. The van der Waals surface area contributed by atoms with Crippen molar-refractivity contribution in [3.63, 3.8) is 0 Å². The van der Waals surface area contributed by atoms with Gasteiger partial charge in [0.1, 0.15) is 5.57 Å². The summed E-state index contributed by atoms with van der Waals surface area (Å²) in [6, 6.07) is 6.01. The van der Waals surface area contributed by atoms with E-state index in [0.29, 0.717) is 11.1 Å². The summed E-state index contributed by atoms with van der Waals surface area (Å²) in [5.41, 5.74) is 3.02. The Bertz CT molecular complexity index is 1100. The fourth-order valence-electron chi connectivity index (χ4n) is 4.34. The molecule has 2 fully saturated rings. The van der Waals surface area contributed by atoms with Crippen LogP contribution in [0, 0.1) is 13.8 Å². The predicted octanol–water partition coefficient (Wildman–Crippen LogP) is 5.19. The average Bonchev–Trinajstić information content (AvgIpc) is 3.29. The monoisotopic (exact) mass is 445 g/mol. The lowest BCUT2D eigenvalue weighted by Gasteiger charge is -2.26. The Kier molecular flexibility index (Phi) is 5.47. The highest BCUT2D eigenvalue weighted by molar-refractivity contribution is 6.43. The number of anilines is 1. The number of rotatable bonds is 3. The maximum absolute atomic E-state index is 13.1. The summed E-state index contributed by atoms with van der Waals surface area (Å²) in [6.07, 6.45) is 6.23. The highest BCUT2D eigenvalue weighted by atomic mass is 35.5. The molecule has 1 saturated carbocycles. The maximum atomic E-state index is 13.1. The second-order valence-electron chi connectivity index (χ2n) is 7.69. The number of benzene rings is 1. The van der Waals surface area contributed by atoms with Crippen LogP contribution in [0.25, 0.3) is 6.08 Å². The van der Waals surface area contributed by atoms with Crippen molar-refractivity contribution in [1.82, 2.24) is 9.88 Å². The largest absolute Gasteiger partial charge is 0.346 e. The fraction of sp³-hybridized carbons (Fsp3) is 0.318. The lowest BCUT2D eigenvalue weighted by Crippen LogP contribution is -2.54. The second-order valence-corrected chi connectivity index (χ2v) is 8.51. The Morgan fingerprint density at radius 3 is 2.40 bits per heavy atom. The number of aryl methyl sites for hydroxylation is 1. The Morgan fingerprint density at radius 2 is 1.73 bits per heavy atom. The third-order valence-corrected chi connectivity index (χ3v) is 6.52. The molecule has 0 spiro atoms.